The van der Waals surface area contributed by atoms with Gasteiger partial charge in [0.15, 0.2) is 6.17 Å². The van der Waals surface area contributed by atoms with Crippen LogP contribution in [0.4, 0.5) is 8.78 Å². The van der Waals surface area contributed by atoms with E-state index in [1.165, 1.54) is 0 Å². The molecule has 1 atom stereocenters. The van der Waals surface area contributed by atoms with Crippen molar-refractivity contribution in [2.75, 3.05) is 0 Å². The van der Waals surface area contributed by atoms with Crippen LogP contribution in [-0.4, -0.2) is 6.17 Å². The second-order valence-electron chi connectivity index (χ2n) is 1.12. The van der Waals surface area contributed by atoms with E-state index in [0.29, 0.717) is 0 Å². The average Bonchev–Trinajstić information content (AvgIpc) is 1.79. The maximum atomic E-state index is 11.1. The highest BCUT2D eigenvalue weighted by Gasteiger charge is 2.39. The van der Waals surface area contributed by atoms with Crippen LogP contribution in [0, 0.1) is 6.17 Å². The van der Waals surface area contributed by atoms with Gasteiger partial charge in [0, 0.05) is 6.42 Å². The lowest BCUT2D eigenvalue weighted by Crippen LogP contribution is -1.58. The van der Waals surface area contributed by atoms with Crippen LogP contribution in [0.15, 0.2) is 0 Å². The molecule has 1 radical (unpaired) electrons. The molecule has 2 heteroatoms. The smallest absolute Gasteiger partial charge is 0.181 e. The molecule has 1 saturated carbocycles. The maximum absolute atomic E-state index is 11.1. The summed E-state index contributed by atoms with van der Waals surface area (Å²) in [6.07, 6.45) is -1.64. The fourth-order valence-electron chi connectivity index (χ4n) is 0.112. The van der Waals surface area contributed by atoms with Crippen LogP contribution < -0.4 is 0 Å². The van der Waals surface area contributed by atoms with Gasteiger partial charge in [-0.1, -0.05) is 0 Å². The zero-order valence-electron chi connectivity index (χ0n) is 2.54. The lowest BCUT2D eigenvalue weighted by molar-refractivity contribution is 0.437. The van der Waals surface area contributed by atoms with E-state index in [2.05, 4.69) is 0 Å². The molecule has 0 aliphatic heterocycles. The van der Waals surface area contributed by atoms with Gasteiger partial charge in [-0.15, -0.1) is 0 Å². The van der Waals surface area contributed by atoms with E-state index in [9.17, 15) is 8.78 Å². The summed E-state index contributed by atoms with van der Waals surface area (Å²) in [6, 6.07) is 0. The second-order valence-corrected chi connectivity index (χ2v) is 1.12. The lowest BCUT2D eigenvalue weighted by Gasteiger charge is -1.58. The zero-order valence-corrected chi connectivity index (χ0v) is 2.54. The van der Waals surface area contributed by atoms with Crippen molar-refractivity contribution in [3.8, 4) is 0 Å². The van der Waals surface area contributed by atoms with Crippen molar-refractivity contribution in [1.29, 1.82) is 0 Å². The quantitative estimate of drug-likeness (QED) is 0.408. The largest absolute Gasteiger partial charge is 0.244 e. The van der Waals surface area contributed by atoms with Crippen LogP contribution >= 0.6 is 0 Å². The van der Waals surface area contributed by atoms with Crippen molar-refractivity contribution in [3.63, 3.8) is 0 Å². The molecule has 0 heterocycles. The molecule has 5 heavy (non-hydrogen) atoms. The van der Waals surface area contributed by atoms with Gasteiger partial charge in [-0.3, -0.25) is 0 Å². The Morgan fingerprint density at radius 2 is 2.00 bits per heavy atom. The molecule has 1 aliphatic carbocycles. The van der Waals surface area contributed by atoms with Crippen molar-refractivity contribution >= 4 is 0 Å². The van der Waals surface area contributed by atoms with Gasteiger partial charge in [-0.2, -0.15) is 0 Å². The molecule has 0 aromatic rings. The van der Waals surface area contributed by atoms with Gasteiger partial charge >= 0.3 is 0 Å². The standard InChI is InChI=1S/C3H3F2/c4-2-1-3(2)5/h2H,1H2. The number of halogens is 2. The van der Waals surface area contributed by atoms with Crippen molar-refractivity contribution in [2.45, 2.75) is 12.6 Å². The molecule has 0 aromatic heterocycles. The van der Waals surface area contributed by atoms with Crippen LogP contribution in [0.2, 0.25) is 0 Å². The first kappa shape index (κ1) is 3.07. The minimum absolute atomic E-state index is 0.0556. The molecule has 0 amide bonds. The highest BCUT2D eigenvalue weighted by Crippen LogP contribution is 2.36. The highest BCUT2D eigenvalue weighted by molar-refractivity contribution is 5.05. The number of hydrogen-bond acceptors (Lipinski definition) is 0. The van der Waals surface area contributed by atoms with E-state index < -0.39 is 12.3 Å². The van der Waals surface area contributed by atoms with E-state index in [-0.39, 0.29) is 6.42 Å². The van der Waals surface area contributed by atoms with Crippen LogP contribution in [-0.2, 0) is 0 Å². The van der Waals surface area contributed by atoms with Crippen molar-refractivity contribution in [2.24, 2.45) is 0 Å². The molecule has 29 valence electrons. The monoisotopic (exact) mass is 77.0 g/mol. The molecule has 0 aromatic carbocycles. The first-order valence-electron chi connectivity index (χ1n) is 1.46. The van der Waals surface area contributed by atoms with Crippen LogP contribution in [0.25, 0.3) is 0 Å². The van der Waals surface area contributed by atoms with Gasteiger partial charge in [0.2, 0.25) is 0 Å². The molecule has 1 unspecified atom stereocenters. The Kier molecular flexibility index (Phi) is 0.411. The third-order valence-corrected chi connectivity index (χ3v) is 0.554. The van der Waals surface area contributed by atoms with E-state index in [1.807, 2.05) is 0 Å². The summed E-state index contributed by atoms with van der Waals surface area (Å²) in [7, 11) is 0. The minimum Gasteiger partial charge on any atom is -0.244 e. The summed E-state index contributed by atoms with van der Waals surface area (Å²) in [5, 5.41) is 0. The Labute approximate surface area is 28.8 Å². The van der Waals surface area contributed by atoms with Gasteiger partial charge < -0.3 is 0 Å². The van der Waals surface area contributed by atoms with Gasteiger partial charge in [0.1, 0.15) is 6.17 Å². The van der Waals surface area contributed by atoms with Crippen molar-refractivity contribution in [3.05, 3.63) is 6.17 Å². The minimum atomic E-state index is -1.20. The van der Waals surface area contributed by atoms with E-state index in [0.717, 1.165) is 0 Å². The molecule has 0 spiro atoms. The molecule has 0 saturated heterocycles. The Balaban J connectivity index is 2.20. The molecule has 0 N–H and O–H groups in total. The van der Waals surface area contributed by atoms with E-state index in [4.69, 9.17) is 0 Å². The Hall–Kier alpha value is -0.140. The first-order valence-corrected chi connectivity index (χ1v) is 1.46. The summed E-state index contributed by atoms with van der Waals surface area (Å²) in [6.45, 7) is 0. The molecular formula is C3H3F2. The molecule has 0 bridgehead atoms. The highest BCUT2D eigenvalue weighted by atomic mass is 19.2. The maximum Gasteiger partial charge on any atom is 0.181 e. The number of alkyl halides is 1. The summed E-state index contributed by atoms with van der Waals surface area (Å²) in [5.41, 5.74) is 0. The summed E-state index contributed by atoms with van der Waals surface area (Å²) in [4.78, 5) is 0. The summed E-state index contributed by atoms with van der Waals surface area (Å²) >= 11 is 0. The molecule has 0 nitrogen and oxygen atoms in total. The molecular weight excluding hydrogens is 74.0 g/mol. The second kappa shape index (κ2) is 0.671. The van der Waals surface area contributed by atoms with Crippen LogP contribution in [0.3, 0.4) is 0 Å². The third kappa shape index (κ3) is 0.389. The molecule has 1 fully saturated rings. The van der Waals surface area contributed by atoms with Gasteiger partial charge in [0.25, 0.3) is 0 Å². The molecule has 1 aliphatic rings. The Morgan fingerprint density at radius 3 is 2.00 bits per heavy atom. The van der Waals surface area contributed by atoms with Crippen LogP contribution in [0.5, 0.6) is 0 Å². The fourth-order valence-corrected chi connectivity index (χ4v) is 0.112. The fraction of sp³-hybridized carbons (Fsp3) is 0.667. The normalized spacial score (nSPS) is 38.4. The van der Waals surface area contributed by atoms with Crippen molar-refractivity contribution < 1.29 is 8.78 Å². The predicted molar refractivity (Wildman–Crippen MR) is 13.9 cm³/mol. The number of rotatable bonds is 0. The van der Waals surface area contributed by atoms with E-state index >= 15 is 0 Å². The summed E-state index contributed by atoms with van der Waals surface area (Å²) in [5.74, 6) is 0. The number of hydrogen-bond donors (Lipinski definition) is 0. The van der Waals surface area contributed by atoms with E-state index in [1.54, 1.807) is 0 Å². The van der Waals surface area contributed by atoms with Gasteiger partial charge in [0.05, 0.1) is 0 Å². The predicted octanol–water partition coefficient (Wildman–Crippen LogP) is 1.23. The SMILES string of the molecule is F[C]1CC1F. The molecule has 1 rings (SSSR count). The van der Waals surface area contributed by atoms with Gasteiger partial charge in [-0.05, 0) is 0 Å². The topological polar surface area (TPSA) is 0 Å². The average molecular weight is 77.1 g/mol. The van der Waals surface area contributed by atoms with Crippen LogP contribution in [0.1, 0.15) is 6.42 Å². The Bertz CT molecular complexity index is 38.2. The lowest BCUT2D eigenvalue weighted by atomic mass is 10.9. The zero-order chi connectivity index (χ0) is 3.86. The first-order chi connectivity index (χ1) is 2.30. The Morgan fingerprint density at radius 1 is 1.80 bits per heavy atom. The van der Waals surface area contributed by atoms with Gasteiger partial charge in [-0.25, -0.2) is 8.78 Å². The summed E-state index contributed by atoms with van der Waals surface area (Å²) < 4.78 is 22.1. The van der Waals surface area contributed by atoms with Crippen molar-refractivity contribution in [1.82, 2.24) is 0 Å². The third-order valence-electron chi connectivity index (χ3n) is 0.554.